The Hall–Kier alpha value is -1.49. The Labute approximate surface area is 517 Å². The van der Waals surface area contributed by atoms with Crippen molar-refractivity contribution in [3.63, 3.8) is 0 Å². The van der Waals surface area contributed by atoms with Crippen molar-refractivity contribution in [3.8, 4) is 0 Å². The molecule has 0 radical (unpaired) electrons. The fourth-order valence-corrected chi connectivity index (χ4v) is 9.84. The van der Waals surface area contributed by atoms with Crippen LogP contribution in [0.4, 0.5) is 0 Å². The molecule has 86 heavy (non-hydrogen) atoms. The summed E-state index contributed by atoms with van der Waals surface area (Å²) in [6, 6.07) is 0. The van der Waals surface area contributed by atoms with Crippen LogP contribution in [0.5, 0.6) is 0 Å². The van der Waals surface area contributed by atoms with Crippen LogP contribution < -0.4 is 0 Å². The van der Waals surface area contributed by atoms with Gasteiger partial charge >= 0.3 is 0 Å². The van der Waals surface area contributed by atoms with E-state index in [4.69, 9.17) is 100 Å². The number of unbranched alkanes of at least 4 members (excludes halogenated alkanes) is 12. The first-order chi connectivity index (χ1) is 41.6. The van der Waals surface area contributed by atoms with Crippen molar-refractivity contribution < 1.29 is 94.7 Å². The summed E-state index contributed by atoms with van der Waals surface area (Å²) in [5, 5.41) is 3.77. The number of nitrogens with zero attached hydrogens (tertiary/aromatic N) is 3. The van der Waals surface area contributed by atoms with E-state index in [1.165, 1.54) is 0 Å². The summed E-state index contributed by atoms with van der Waals surface area (Å²) in [5.74, 6) is -2.12. The molecule has 0 aromatic carbocycles. The minimum atomic E-state index is -0.532. The highest BCUT2D eigenvalue weighted by molar-refractivity contribution is 4.73. The van der Waals surface area contributed by atoms with Crippen LogP contribution >= 0.6 is 0 Å². The van der Waals surface area contributed by atoms with Gasteiger partial charge in [-0.1, -0.05) is 5.11 Å². The Balaban J connectivity index is 1.01. The van der Waals surface area contributed by atoms with Crippen molar-refractivity contribution in [2.75, 3.05) is 172 Å². The van der Waals surface area contributed by atoms with Gasteiger partial charge in [0.1, 0.15) is 36.6 Å². The molecule has 4 fully saturated rings. The number of hydrogen-bond donors (Lipinski definition) is 0. The molecule has 0 saturated carbocycles. The summed E-state index contributed by atoms with van der Waals surface area (Å²) in [5.41, 5.74) is 9.01. The van der Waals surface area contributed by atoms with Gasteiger partial charge < -0.3 is 94.7 Å². The summed E-state index contributed by atoms with van der Waals surface area (Å²) in [6.45, 7) is 30.1. The summed E-state index contributed by atoms with van der Waals surface area (Å²) < 4.78 is 118. The third-order valence-corrected chi connectivity index (χ3v) is 14.4. The van der Waals surface area contributed by atoms with Crippen LogP contribution in [0.2, 0.25) is 0 Å². The maximum Gasteiger partial charge on any atom is 0.163 e. The van der Waals surface area contributed by atoms with E-state index >= 15 is 0 Å². The Morgan fingerprint density at radius 2 is 0.547 bits per heavy atom. The Morgan fingerprint density at radius 3 is 0.779 bits per heavy atom. The maximum absolute atomic E-state index is 9.01. The van der Waals surface area contributed by atoms with Crippen LogP contribution in [0, 0.1) is 0 Å². The molecule has 0 aliphatic carbocycles. The third kappa shape index (κ3) is 41.1. The van der Waals surface area contributed by atoms with Crippen LogP contribution in [-0.4, -0.2) is 238 Å². The molecule has 23 nitrogen and oxygen atoms in total. The van der Waals surface area contributed by atoms with Gasteiger partial charge in [-0.15, -0.1) is 0 Å². The van der Waals surface area contributed by atoms with Gasteiger partial charge in [0.05, 0.1) is 98.5 Å². The van der Waals surface area contributed by atoms with Crippen LogP contribution in [0.25, 0.3) is 10.4 Å². The van der Waals surface area contributed by atoms with Crippen molar-refractivity contribution in [1.29, 1.82) is 0 Å². The van der Waals surface area contributed by atoms with Crippen LogP contribution in [0.3, 0.4) is 0 Å². The van der Waals surface area contributed by atoms with Gasteiger partial charge in [0.15, 0.2) is 23.1 Å². The standard InChI is InChI=1S/C63H119N3O20/c1-60(2)79-49-56(83-60)45-72-32-19-10-17-29-69-42-54(77-37-25-13-22-34-74-47-58-51-81-62(5,6)85-58)41-68-28-16-9-15-27-67-40-53(39-65-66-64)76-36-24-12-21-31-71-44-55(78-38-26-14-23-35-75-48-59-52-82-63(7,8)86-59)43-70-30-18-11-20-33-73-46-57-50-80-61(3,4)84-57/h53-59H,9-52H2,1-8H3. The second kappa shape index (κ2) is 47.4. The molecule has 4 heterocycles. The highest BCUT2D eigenvalue weighted by Crippen LogP contribution is 2.25. The molecular formula is C63H119N3O20. The molecule has 0 aromatic rings. The first-order valence-corrected chi connectivity index (χ1v) is 32.9. The molecule has 7 unspecified atom stereocenters. The second-order valence-corrected chi connectivity index (χ2v) is 24.7. The van der Waals surface area contributed by atoms with E-state index in [0.717, 1.165) is 116 Å². The molecule has 0 N–H and O–H groups in total. The van der Waals surface area contributed by atoms with Gasteiger partial charge in [-0.3, -0.25) is 0 Å². The predicted molar refractivity (Wildman–Crippen MR) is 323 cm³/mol. The lowest BCUT2D eigenvalue weighted by atomic mass is 10.2. The van der Waals surface area contributed by atoms with Crippen molar-refractivity contribution >= 4 is 0 Å². The van der Waals surface area contributed by atoms with Crippen molar-refractivity contribution in [2.24, 2.45) is 5.11 Å². The summed E-state index contributed by atoms with van der Waals surface area (Å²) in [6.07, 6.45) is 16.5. The van der Waals surface area contributed by atoms with E-state index in [2.05, 4.69) is 10.0 Å². The molecule has 7 atom stereocenters. The van der Waals surface area contributed by atoms with Gasteiger partial charge in [-0.2, -0.15) is 0 Å². The molecule has 4 rings (SSSR count). The van der Waals surface area contributed by atoms with E-state index in [9.17, 15) is 0 Å². The molecule has 4 saturated heterocycles. The number of azide groups is 1. The second-order valence-electron chi connectivity index (χ2n) is 24.7. The lowest BCUT2D eigenvalue weighted by Gasteiger charge is -2.19. The van der Waals surface area contributed by atoms with Gasteiger partial charge in [-0.05, 0) is 176 Å². The molecular weight excluding hydrogens is 1120 g/mol. The first-order valence-electron chi connectivity index (χ1n) is 32.9. The molecule has 0 aromatic heterocycles. The number of ether oxygens (including phenoxy) is 20. The molecule has 0 bridgehead atoms. The Kier molecular flexibility index (Phi) is 42.4. The predicted octanol–water partition coefficient (Wildman–Crippen LogP) is 10.2. The van der Waals surface area contributed by atoms with E-state index in [1.54, 1.807) is 0 Å². The minimum absolute atomic E-state index is 0.00385. The molecule has 506 valence electrons. The summed E-state index contributed by atoms with van der Waals surface area (Å²) >= 11 is 0. The van der Waals surface area contributed by atoms with Crippen molar-refractivity contribution in [2.45, 2.75) is 237 Å². The smallest absolute Gasteiger partial charge is 0.163 e. The number of hydrogen-bond acceptors (Lipinski definition) is 21. The van der Waals surface area contributed by atoms with Crippen LogP contribution in [0.15, 0.2) is 5.11 Å². The monoisotopic (exact) mass is 1240 g/mol. The number of rotatable bonds is 59. The fourth-order valence-electron chi connectivity index (χ4n) is 9.84. The van der Waals surface area contributed by atoms with E-state index < -0.39 is 23.1 Å². The maximum atomic E-state index is 9.01. The van der Waals surface area contributed by atoms with Gasteiger partial charge in [0, 0.05) is 84.2 Å². The molecule has 0 amide bonds. The fraction of sp³-hybridized carbons (Fsp3) is 1.00. The van der Waals surface area contributed by atoms with Gasteiger partial charge in [0.25, 0.3) is 0 Å². The lowest BCUT2D eigenvalue weighted by Crippen LogP contribution is -2.27. The SMILES string of the molecule is CC1(C)OCC(COCCCCCOCC(COCCCCCOCC(CN=[N+]=[N-])OCCCCCOCC(COCCCCCOCC2COC(C)(C)O2)OCCCCCOCC2COC(C)(C)O2)OCCCCCOCC2COC(C)(C)O2)O1. The molecule has 23 heteroatoms. The van der Waals surface area contributed by atoms with Crippen molar-refractivity contribution in [1.82, 2.24) is 0 Å². The van der Waals surface area contributed by atoms with Crippen LogP contribution in [-0.2, 0) is 94.7 Å². The average molecular weight is 1240 g/mol. The minimum Gasteiger partial charge on any atom is -0.379 e. The summed E-state index contributed by atoms with van der Waals surface area (Å²) in [4.78, 5) is 2.95. The molecule has 4 aliphatic heterocycles. The first kappa shape index (κ1) is 77.0. The quantitative estimate of drug-likeness (QED) is 0.0238. The normalized spacial score (nSPS) is 22.4. The zero-order valence-corrected chi connectivity index (χ0v) is 54.7. The zero-order chi connectivity index (χ0) is 61.7. The van der Waals surface area contributed by atoms with Crippen LogP contribution in [0.1, 0.15) is 171 Å². The molecule has 4 aliphatic rings. The zero-order valence-electron chi connectivity index (χ0n) is 54.7. The summed E-state index contributed by atoms with van der Waals surface area (Å²) in [7, 11) is 0. The highest BCUT2D eigenvalue weighted by Gasteiger charge is 2.35. The van der Waals surface area contributed by atoms with E-state index in [1.807, 2.05) is 55.4 Å². The van der Waals surface area contributed by atoms with E-state index in [-0.39, 0.29) is 49.3 Å². The third-order valence-electron chi connectivity index (χ3n) is 14.4. The lowest BCUT2D eigenvalue weighted by molar-refractivity contribution is -0.145. The Morgan fingerprint density at radius 1 is 0.326 bits per heavy atom. The van der Waals surface area contributed by atoms with Crippen molar-refractivity contribution in [3.05, 3.63) is 10.4 Å². The highest BCUT2D eigenvalue weighted by atomic mass is 16.8. The topological polar surface area (TPSA) is 233 Å². The van der Waals surface area contributed by atoms with Gasteiger partial charge in [-0.25, -0.2) is 0 Å². The molecule has 0 spiro atoms. The average Bonchev–Trinajstić information content (AvgIpc) is 4.35. The largest absolute Gasteiger partial charge is 0.379 e. The van der Waals surface area contributed by atoms with Gasteiger partial charge in [0.2, 0.25) is 0 Å². The van der Waals surface area contributed by atoms with E-state index in [0.29, 0.717) is 165 Å². The Bertz CT molecular complexity index is 1670.